The van der Waals surface area contributed by atoms with Crippen molar-refractivity contribution in [3.63, 3.8) is 0 Å². The second-order valence-corrected chi connectivity index (χ2v) is 3.58. The SMILES string of the molecule is COc1cc(F)ccc1C1=NCC(C)N1. The normalized spacial score (nSPS) is 19.7. The predicted octanol–water partition coefficient (Wildman–Crippen LogP) is 1.57. The molecule has 1 heterocycles. The number of benzene rings is 1. The minimum Gasteiger partial charge on any atom is -0.496 e. The van der Waals surface area contributed by atoms with Gasteiger partial charge in [-0.05, 0) is 19.1 Å². The van der Waals surface area contributed by atoms with Crippen LogP contribution in [0.3, 0.4) is 0 Å². The van der Waals surface area contributed by atoms with E-state index in [0.717, 1.165) is 17.9 Å². The van der Waals surface area contributed by atoms with Gasteiger partial charge in [0, 0.05) is 12.1 Å². The molecule has 0 aliphatic carbocycles. The lowest BCUT2D eigenvalue weighted by Gasteiger charge is -2.10. The largest absolute Gasteiger partial charge is 0.496 e. The van der Waals surface area contributed by atoms with Crippen LogP contribution < -0.4 is 10.1 Å². The van der Waals surface area contributed by atoms with Crippen molar-refractivity contribution < 1.29 is 9.13 Å². The number of nitrogens with zero attached hydrogens (tertiary/aromatic N) is 1. The molecule has 1 N–H and O–H groups in total. The first-order chi connectivity index (χ1) is 7.20. The molecule has 0 aromatic heterocycles. The number of rotatable bonds is 2. The average Bonchev–Trinajstić information content (AvgIpc) is 2.64. The van der Waals surface area contributed by atoms with Crippen LogP contribution in [0.1, 0.15) is 12.5 Å². The van der Waals surface area contributed by atoms with Crippen LogP contribution in [-0.2, 0) is 0 Å². The van der Waals surface area contributed by atoms with Gasteiger partial charge >= 0.3 is 0 Å². The molecule has 1 atom stereocenters. The van der Waals surface area contributed by atoms with Crippen LogP contribution in [0, 0.1) is 5.82 Å². The minimum absolute atomic E-state index is 0.303. The van der Waals surface area contributed by atoms with Gasteiger partial charge in [0.1, 0.15) is 17.4 Å². The summed E-state index contributed by atoms with van der Waals surface area (Å²) in [6, 6.07) is 4.78. The molecule has 0 amide bonds. The van der Waals surface area contributed by atoms with Gasteiger partial charge in [-0.1, -0.05) is 0 Å². The van der Waals surface area contributed by atoms with Crippen LogP contribution >= 0.6 is 0 Å². The van der Waals surface area contributed by atoms with E-state index in [1.165, 1.54) is 19.2 Å². The van der Waals surface area contributed by atoms with E-state index in [-0.39, 0.29) is 5.82 Å². The Morgan fingerprint density at radius 2 is 2.33 bits per heavy atom. The second-order valence-electron chi connectivity index (χ2n) is 3.58. The summed E-state index contributed by atoms with van der Waals surface area (Å²) in [4.78, 5) is 4.33. The van der Waals surface area contributed by atoms with Crippen molar-refractivity contribution in [2.24, 2.45) is 4.99 Å². The second kappa shape index (κ2) is 3.88. The summed E-state index contributed by atoms with van der Waals surface area (Å²) in [6.07, 6.45) is 0. The lowest BCUT2D eigenvalue weighted by Crippen LogP contribution is -2.28. The van der Waals surface area contributed by atoms with Crippen LogP contribution in [0.15, 0.2) is 23.2 Å². The third-order valence-electron chi connectivity index (χ3n) is 2.33. The van der Waals surface area contributed by atoms with Crippen LogP contribution in [0.4, 0.5) is 4.39 Å². The van der Waals surface area contributed by atoms with Gasteiger partial charge in [0.25, 0.3) is 0 Å². The van der Waals surface area contributed by atoms with Crippen molar-refractivity contribution >= 4 is 5.84 Å². The highest BCUT2D eigenvalue weighted by molar-refractivity contribution is 6.02. The van der Waals surface area contributed by atoms with Gasteiger partial charge in [0.15, 0.2) is 0 Å². The summed E-state index contributed by atoms with van der Waals surface area (Å²) >= 11 is 0. The number of halogens is 1. The Morgan fingerprint density at radius 1 is 1.53 bits per heavy atom. The maximum absolute atomic E-state index is 13.0. The van der Waals surface area contributed by atoms with Gasteiger partial charge in [-0.2, -0.15) is 0 Å². The van der Waals surface area contributed by atoms with E-state index in [4.69, 9.17) is 4.74 Å². The molecule has 1 unspecified atom stereocenters. The Balaban J connectivity index is 2.36. The zero-order valence-corrected chi connectivity index (χ0v) is 8.75. The van der Waals surface area contributed by atoms with E-state index in [9.17, 15) is 4.39 Å². The van der Waals surface area contributed by atoms with Crippen molar-refractivity contribution in [2.45, 2.75) is 13.0 Å². The Hall–Kier alpha value is -1.58. The number of aliphatic imine (C=N–C) groups is 1. The van der Waals surface area contributed by atoms with E-state index in [1.54, 1.807) is 6.07 Å². The fraction of sp³-hybridized carbons (Fsp3) is 0.364. The summed E-state index contributed by atoms with van der Waals surface area (Å²) in [6.45, 7) is 2.79. The number of hydrogen-bond donors (Lipinski definition) is 1. The summed E-state index contributed by atoms with van der Waals surface area (Å²) < 4.78 is 18.1. The first-order valence-electron chi connectivity index (χ1n) is 4.85. The van der Waals surface area contributed by atoms with E-state index in [0.29, 0.717) is 11.8 Å². The Kier molecular flexibility index (Phi) is 2.58. The molecule has 1 aliphatic rings. The maximum Gasteiger partial charge on any atom is 0.132 e. The van der Waals surface area contributed by atoms with Crippen molar-refractivity contribution in [1.82, 2.24) is 5.32 Å². The number of hydrogen-bond acceptors (Lipinski definition) is 3. The van der Waals surface area contributed by atoms with Gasteiger partial charge in [-0.25, -0.2) is 4.39 Å². The van der Waals surface area contributed by atoms with Gasteiger partial charge in [0.05, 0.1) is 19.2 Å². The molecule has 0 fully saturated rings. The van der Waals surface area contributed by atoms with Gasteiger partial charge in [-0.15, -0.1) is 0 Å². The molecule has 0 saturated heterocycles. The van der Waals surface area contributed by atoms with Gasteiger partial charge in [0.2, 0.25) is 0 Å². The topological polar surface area (TPSA) is 33.6 Å². The maximum atomic E-state index is 13.0. The third-order valence-corrected chi connectivity index (χ3v) is 2.33. The molecule has 15 heavy (non-hydrogen) atoms. The predicted molar refractivity (Wildman–Crippen MR) is 57.0 cm³/mol. The molecule has 1 aromatic rings. The molecule has 0 radical (unpaired) electrons. The fourth-order valence-electron chi connectivity index (χ4n) is 1.58. The molecule has 0 bridgehead atoms. The van der Waals surface area contributed by atoms with Crippen molar-refractivity contribution in [1.29, 1.82) is 0 Å². The lowest BCUT2D eigenvalue weighted by molar-refractivity contribution is 0.410. The zero-order chi connectivity index (χ0) is 10.8. The molecule has 1 aliphatic heterocycles. The van der Waals surface area contributed by atoms with Gasteiger partial charge < -0.3 is 10.1 Å². The third kappa shape index (κ3) is 1.93. The minimum atomic E-state index is -0.303. The summed E-state index contributed by atoms with van der Waals surface area (Å²) in [5, 5.41) is 3.21. The zero-order valence-electron chi connectivity index (χ0n) is 8.75. The molecule has 2 rings (SSSR count). The van der Waals surface area contributed by atoms with Crippen LogP contribution in [0.5, 0.6) is 5.75 Å². The summed E-state index contributed by atoms with van der Waals surface area (Å²) in [5.74, 6) is 0.983. The standard InChI is InChI=1S/C11H13FN2O/c1-7-6-13-11(14-7)9-4-3-8(12)5-10(9)15-2/h3-5,7H,6H2,1-2H3,(H,13,14). The molecular formula is C11H13FN2O. The van der Waals surface area contributed by atoms with E-state index in [2.05, 4.69) is 10.3 Å². The van der Waals surface area contributed by atoms with Crippen LogP contribution in [0.2, 0.25) is 0 Å². The average molecular weight is 208 g/mol. The number of methoxy groups -OCH3 is 1. The molecular weight excluding hydrogens is 195 g/mol. The lowest BCUT2D eigenvalue weighted by atomic mass is 10.1. The molecule has 0 saturated carbocycles. The Bertz CT molecular complexity index is 404. The Morgan fingerprint density at radius 3 is 2.93 bits per heavy atom. The molecule has 80 valence electrons. The van der Waals surface area contributed by atoms with Gasteiger partial charge in [-0.3, -0.25) is 4.99 Å². The first kappa shape index (κ1) is 9.96. The molecule has 1 aromatic carbocycles. The number of amidine groups is 1. The van der Waals surface area contributed by atoms with Crippen LogP contribution in [0.25, 0.3) is 0 Å². The van der Waals surface area contributed by atoms with Crippen molar-refractivity contribution in [3.8, 4) is 5.75 Å². The highest BCUT2D eigenvalue weighted by Crippen LogP contribution is 2.21. The number of ether oxygens (including phenoxy) is 1. The van der Waals surface area contributed by atoms with E-state index < -0.39 is 0 Å². The quantitative estimate of drug-likeness (QED) is 0.800. The molecule has 0 spiro atoms. The fourth-order valence-corrected chi connectivity index (χ4v) is 1.58. The summed E-state index contributed by atoms with van der Waals surface area (Å²) in [7, 11) is 1.53. The molecule has 4 heteroatoms. The molecule has 3 nitrogen and oxygen atoms in total. The van der Waals surface area contributed by atoms with Crippen molar-refractivity contribution in [2.75, 3.05) is 13.7 Å². The number of nitrogens with one attached hydrogen (secondary N) is 1. The highest BCUT2D eigenvalue weighted by Gasteiger charge is 2.17. The first-order valence-corrected chi connectivity index (χ1v) is 4.85. The smallest absolute Gasteiger partial charge is 0.132 e. The van der Waals surface area contributed by atoms with Crippen LogP contribution in [-0.4, -0.2) is 25.5 Å². The summed E-state index contributed by atoms with van der Waals surface area (Å²) in [5.41, 5.74) is 0.809. The monoisotopic (exact) mass is 208 g/mol. The van der Waals surface area contributed by atoms with E-state index >= 15 is 0 Å². The van der Waals surface area contributed by atoms with E-state index in [1.807, 2.05) is 6.92 Å². The Labute approximate surface area is 88.0 Å². The van der Waals surface area contributed by atoms with Crippen molar-refractivity contribution in [3.05, 3.63) is 29.6 Å². The highest BCUT2D eigenvalue weighted by atomic mass is 19.1.